The maximum atomic E-state index is 10.6. The van der Waals surface area contributed by atoms with Gasteiger partial charge in [-0.3, -0.25) is 15.0 Å². The van der Waals surface area contributed by atoms with Gasteiger partial charge in [0.1, 0.15) is 0 Å². The zero-order valence-electron chi connectivity index (χ0n) is 14.2. The number of pyridine rings is 1. The molecule has 1 aromatic carbocycles. The van der Waals surface area contributed by atoms with Gasteiger partial charge in [-0.05, 0) is 40.7 Å². The quantitative estimate of drug-likeness (QED) is 0.635. The minimum absolute atomic E-state index is 0.869. The molecule has 144 valence electrons. The molecule has 0 unspecified atom stereocenters. The van der Waals surface area contributed by atoms with Gasteiger partial charge in [0.25, 0.3) is 0 Å². The van der Waals surface area contributed by atoms with Crippen LogP contribution in [0.2, 0.25) is 0 Å². The van der Waals surface area contributed by atoms with Gasteiger partial charge in [0.2, 0.25) is 0 Å². The van der Waals surface area contributed by atoms with Crippen LogP contribution in [-0.4, -0.2) is 44.4 Å². The van der Waals surface area contributed by atoms with Crippen molar-refractivity contribution in [2.75, 3.05) is 7.05 Å². The van der Waals surface area contributed by atoms with Crippen molar-refractivity contribution in [3.63, 3.8) is 0 Å². The Hall–Kier alpha value is -2.46. The number of carbonyl (C=O) groups is 1. The van der Waals surface area contributed by atoms with Gasteiger partial charge in [0, 0.05) is 40.9 Å². The smallest absolute Gasteiger partial charge is 0.475 e. The van der Waals surface area contributed by atoms with E-state index in [0.717, 1.165) is 23.1 Å². The molecule has 3 aromatic rings. The highest BCUT2D eigenvalue weighted by molar-refractivity contribution is 9.10. The highest BCUT2D eigenvalue weighted by atomic mass is 79.9. The Morgan fingerprint density at radius 2 is 2.00 bits per heavy atom. The van der Waals surface area contributed by atoms with Crippen molar-refractivity contribution < 1.29 is 23.1 Å². The second-order valence-electron chi connectivity index (χ2n) is 5.69. The van der Waals surface area contributed by atoms with Crippen LogP contribution in [0.15, 0.2) is 47.3 Å². The van der Waals surface area contributed by atoms with E-state index in [2.05, 4.69) is 55.2 Å². The third-order valence-electron chi connectivity index (χ3n) is 3.50. The molecular formula is C17H16BrF3N4O2. The molecule has 6 nitrogen and oxygen atoms in total. The van der Waals surface area contributed by atoms with Gasteiger partial charge < -0.3 is 5.11 Å². The number of carboxylic acid groups (broad SMARTS) is 1. The molecule has 10 heteroatoms. The second-order valence-corrected chi connectivity index (χ2v) is 6.54. The molecule has 0 radical (unpaired) electrons. The van der Waals surface area contributed by atoms with E-state index in [1.54, 1.807) is 0 Å². The summed E-state index contributed by atoms with van der Waals surface area (Å²) in [6.07, 6.45) is 0.573. The summed E-state index contributed by atoms with van der Waals surface area (Å²) >= 11 is 3.56. The molecule has 0 atom stereocenters. The average molecular weight is 445 g/mol. The normalized spacial score (nSPS) is 11.3. The molecule has 0 spiro atoms. The Morgan fingerprint density at radius 1 is 1.30 bits per heavy atom. The summed E-state index contributed by atoms with van der Waals surface area (Å²) in [5.41, 5.74) is 3.48. The zero-order valence-corrected chi connectivity index (χ0v) is 15.8. The number of nitrogens with one attached hydrogen (secondary N) is 1. The van der Waals surface area contributed by atoms with Crippen molar-refractivity contribution in [3.05, 3.63) is 58.5 Å². The van der Waals surface area contributed by atoms with Gasteiger partial charge >= 0.3 is 12.1 Å². The van der Waals surface area contributed by atoms with Gasteiger partial charge in [-0.1, -0.05) is 12.1 Å². The fourth-order valence-corrected chi connectivity index (χ4v) is 2.83. The van der Waals surface area contributed by atoms with Crippen molar-refractivity contribution in [2.45, 2.75) is 19.3 Å². The van der Waals surface area contributed by atoms with Crippen LogP contribution in [0.5, 0.6) is 0 Å². The Morgan fingerprint density at radius 3 is 2.59 bits per heavy atom. The van der Waals surface area contributed by atoms with Gasteiger partial charge in [-0.2, -0.15) is 18.3 Å². The summed E-state index contributed by atoms with van der Waals surface area (Å²) < 4.78 is 32.8. The zero-order chi connectivity index (χ0) is 20.0. The maximum absolute atomic E-state index is 10.6. The number of halogens is 4. The molecule has 0 aliphatic heterocycles. The number of carboxylic acids is 1. The van der Waals surface area contributed by atoms with Gasteiger partial charge in [-0.15, -0.1) is 0 Å². The highest BCUT2D eigenvalue weighted by Crippen LogP contribution is 2.25. The van der Waals surface area contributed by atoms with Gasteiger partial charge in [-0.25, -0.2) is 4.79 Å². The highest BCUT2D eigenvalue weighted by Gasteiger charge is 2.38. The fraction of sp³-hybridized carbons (Fsp3) is 0.235. The average Bonchev–Trinajstić information content (AvgIpc) is 3.08. The molecular weight excluding hydrogens is 429 g/mol. The van der Waals surface area contributed by atoms with Crippen molar-refractivity contribution in [2.24, 2.45) is 0 Å². The number of H-pyrrole nitrogens is 1. The SMILES string of the molecule is CN(Cc1cn[nH]c1)Cc1ccnc2c(Br)cccc12.O=C(O)C(F)(F)F. The Balaban J connectivity index is 0.000000321. The number of aromatic amines is 1. The molecule has 0 amide bonds. The van der Waals surface area contributed by atoms with E-state index in [4.69, 9.17) is 9.90 Å². The van der Waals surface area contributed by atoms with E-state index < -0.39 is 12.1 Å². The van der Waals surface area contributed by atoms with Crippen LogP contribution in [0, 0.1) is 0 Å². The first-order valence-corrected chi connectivity index (χ1v) is 8.46. The minimum Gasteiger partial charge on any atom is -0.475 e. The number of hydrogen-bond donors (Lipinski definition) is 2. The number of rotatable bonds is 4. The van der Waals surface area contributed by atoms with Crippen LogP contribution in [-0.2, 0) is 17.9 Å². The minimum atomic E-state index is -5.08. The summed E-state index contributed by atoms with van der Waals surface area (Å²) in [4.78, 5) is 15.6. The number of hydrogen-bond acceptors (Lipinski definition) is 4. The van der Waals surface area contributed by atoms with Crippen molar-refractivity contribution in [3.8, 4) is 0 Å². The summed E-state index contributed by atoms with van der Waals surface area (Å²) in [6.45, 7) is 1.75. The first-order chi connectivity index (χ1) is 12.7. The Kier molecular flexibility index (Phi) is 6.92. The fourth-order valence-electron chi connectivity index (χ4n) is 2.36. The third-order valence-corrected chi connectivity index (χ3v) is 4.14. The predicted octanol–water partition coefficient (Wildman–Crippen LogP) is 3.99. The predicted molar refractivity (Wildman–Crippen MR) is 96.9 cm³/mol. The molecule has 2 heterocycles. The van der Waals surface area contributed by atoms with Crippen LogP contribution in [0.4, 0.5) is 13.2 Å². The van der Waals surface area contributed by atoms with E-state index in [9.17, 15) is 13.2 Å². The largest absolute Gasteiger partial charge is 0.490 e. The summed E-state index contributed by atoms with van der Waals surface area (Å²) in [6, 6.07) is 8.27. The van der Waals surface area contributed by atoms with Crippen LogP contribution >= 0.6 is 15.9 Å². The molecule has 27 heavy (non-hydrogen) atoms. The lowest BCUT2D eigenvalue weighted by Crippen LogP contribution is -2.21. The van der Waals surface area contributed by atoms with Gasteiger partial charge in [0.05, 0.1) is 11.7 Å². The molecule has 2 N–H and O–H groups in total. The van der Waals surface area contributed by atoms with Crippen LogP contribution < -0.4 is 0 Å². The standard InChI is InChI=1S/C15H15BrN4.C2HF3O2/c1-20(9-11-7-18-19-8-11)10-12-5-6-17-15-13(12)3-2-4-14(15)16;3-2(4,5)1(6)7/h2-8H,9-10H2,1H3,(H,18,19);(H,6,7). The number of aliphatic carboxylic acids is 1. The number of alkyl halides is 3. The summed E-state index contributed by atoms with van der Waals surface area (Å²) in [7, 11) is 2.11. The summed E-state index contributed by atoms with van der Waals surface area (Å²) in [5, 5.41) is 15.1. The number of nitrogens with zero attached hydrogens (tertiary/aromatic N) is 3. The van der Waals surface area contributed by atoms with E-state index in [0.29, 0.717) is 0 Å². The molecule has 0 fully saturated rings. The first-order valence-electron chi connectivity index (χ1n) is 7.67. The second kappa shape index (κ2) is 8.96. The third kappa shape index (κ3) is 6.04. The molecule has 0 aliphatic rings. The molecule has 0 aliphatic carbocycles. The van der Waals surface area contributed by atoms with Crippen molar-refractivity contribution in [1.29, 1.82) is 0 Å². The molecule has 0 saturated carbocycles. The van der Waals surface area contributed by atoms with Crippen molar-refractivity contribution >= 4 is 32.8 Å². The van der Waals surface area contributed by atoms with Gasteiger partial charge in [0.15, 0.2) is 0 Å². The maximum Gasteiger partial charge on any atom is 0.490 e. The van der Waals surface area contributed by atoms with E-state index in [-0.39, 0.29) is 0 Å². The summed E-state index contributed by atoms with van der Waals surface area (Å²) in [5.74, 6) is -2.76. The van der Waals surface area contributed by atoms with E-state index in [1.807, 2.05) is 30.7 Å². The Bertz CT molecular complexity index is 901. The molecule has 0 saturated heterocycles. The first kappa shape index (κ1) is 20.8. The van der Waals surface area contributed by atoms with E-state index in [1.165, 1.54) is 16.5 Å². The number of benzene rings is 1. The van der Waals surface area contributed by atoms with E-state index >= 15 is 0 Å². The molecule has 2 aromatic heterocycles. The number of aromatic nitrogens is 3. The number of fused-ring (bicyclic) bond motifs is 1. The lowest BCUT2D eigenvalue weighted by molar-refractivity contribution is -0.192. The lowest BCUT2D eigenvalue weighted by atomic mass is 10.1. The van der Waals surface area contributed by atoms with Crippen LogP contribution in [0.3, 0.4) is 0 Å². The van der Waals surface area contributed by atoms with Crippen molar-refractivity contribution in [1.82, 2.24) is 20.1 Å². The van der Waals surface area contributed by atoms with Crippen LogP contribution in [0.1, 0.15) is 11.1 Å². The molecule has 3 rings (SSSR count). The monoisotopic (exact) mass is 444 g/mol. The molecule has 0 bridgehead atoms. The topological polar surface area (TPSA) is 82.1 Å². The van der Waals surface area contributed by atoms with Crippen LogP contribution in [0.25, 0.3) is 10.9 Å². The number of para-hydroxylation sites is 1. The Labute approximate surface area is 161 Å². The lowest BCUT2D eigenvalue weighted by Gasteiger charge is -2.17.